The molecule has 0 aliphatic carbocycles. The molecule has 3 heterocycles. The van der Waals surface area contributed by atoms with Crippen molar-refractivity contribution in [2.45, 2.75) is 50.7 Å². The van der Waals surface area contributed by atoms with Gasteiger partial charge in [-0.15, -0.1) is 0 Å². The molecule has 280 valence electrons. The van der Waals surface area contributed by atoms with E-state index in [1.807, 2.05) is 35.2 Å². The van der Waals surface area contributed by atoms with Gasteiger partial charge in [-0.1, -0.05) is 59.6 Å². The van der Waals surface area contributed by atoms with Gasteiger partial charge in [0.15, 0.2) is 5.60 Å². The number of aliphatic carboxylic acids is 2. The van der Waals surface area contributed by atoms with Crippen LogP contribution in [0.1, 0.15) is 35.1 Å². The molecule has 53 heavy (non-hydrogen) atoms. The van der Waals surface area contributed by atoms with E-state index in [0.717, 1.165) is 53.9 Å². The lowest BCUT2D eigenvalue weighted by atomic mass is 9.96. The molecular weight excluding hydrogens is 723 g/mol. The summed E-state index contributed by atoms with van der Waals surface area (Å²) in [6.07, 6.45) is 5.29. The van der Waals surface area contributed by atoms with E-state index in [9.17, 15) is 30.0 Å². The van der Waals surface area contributed by atoms with Gasteiger partial charge >= 0.3 is 11.9 Å². The Hall–Kier alpha value is -4.43. The van der Waals surface area contributed by atoms with Crippen LogP contribution < -0.4 is 19.7 Å². The number of fused-ring (bicyclic) bond motifs is 1. The van der Waals surface area contributed by atoms with Crippen molar-refractivity contribution in [3.8, 4) is 22.6 Å². The molecule has 12 nitrogen and oxygen atoms in total. The minimum Gasteiger partial charge on any atom is -0.488 e. The third-order valence-electron chi connectivity index (χ3n) is 9.75. The molecule has 0 bridgehead atoms. The maximum atomic E-state index is 11.5. The maximum absolute atomic E-state index is 11.5. The van der Waals surface area contributed by atoms with Gasteiger partial charge in [-0.3, -0.25) is 20.0 Å². The van der Waals surface area contributed by atoms with Crippen LogP contribution >= 0.6 is 23.2 Å². The van der Waals surface area contributed by atoms with E-state index in [2.05, 4.69) is 27.3 Å². The van der Waals surface area contributed by atoms with Gasteiger partial charge in [-0.2, -0.15) is 0 Å². The lowest BCUT2D eigenvalue weighted by molar-refractivity contribution is -0.157. The Morgan fingerprint density at radius 1 is 0.943 bits per heavy atom. The second kappa shape index (κ2) is 17.1. The second-order valence-electron chi connectivity index (χ2n) is 13.3. The van der Waals surface area contributed by atoms with Crippen LogP contribution in [0.15, 0.2) is 73.1 Å². The average Bonchev–Trinajstić information content (AvgIpc) is 3.75. The molecule has 0 saturated carbocycles. The third-order valence-corrected chi connectivity index (χ3v) is 10.5. The smallest absolute Gasteiger partial charge is 0.337 e. The number of carbonyl (C=O) groups is 2. The van der Waals surface area contributed by atoms with E-state index in [0.29, 0.717) is 40.2 Å². The van der Waals surface area contributed by atoms with E-state index in [1.165, 1.54) is 5.56 Å². The third kappa shape index (κ3) is 9.03. The van der Waals surface area contributed by atoms with Gasteiger partial charge in [0.1, 0.15) is 30.8 Å². The van der Waals surface area contributed by atoms with Crippen molar-refractivity contribution in [2.75, 3.05) is 44.2 Å². The zero-order valence-electron chi connectivity index (χ0n) is 29.0. The topological polar surface area (TPSA) is 165 Å². The first kappa shape index (κ1) is 38.3. The molecule has 1 aromatic heterocycles. The first-order valence-corrected chi connectivity index (χ1v) is 18.2. The number of aliphatic hydroxyl groups is 2. The molecule has 3 aromatic carbocycles. The molecule has 4 aromatic rings. The van der Waals surface area contributed by atoms with Crippen LogP contribution in [0.2, 0.25) is 10.0 Å². The molecule has 1 fully saturated rings. The summed E-state index contributed by atoms with van der Waals surface area (Å²) in [5, 5.41) is 42.1. The number of carboxylic acid groups (broad SMARTS) is 2. The standard InChI is InChI=1S/C39H42Cl2N4O8/c40-31-17-27(20-43-32(21-46)37(47)48)34(52-22-25-5-3-12-42-19-25)18-35(31)53-23-26-6-1-8-30(36(26)41)28-7-2-9-33-29(28)10-15-45(33)14-4-13-44-16-11-39(51,24-44)38(49)50/h1-3,5-9,12,17-19,32,43,46,51H,4,10-11,13-16,20-24H2,(H,47,48)(H,49,50). The summed E-state index contributed by atoms with van der Waals surface area (Å²) in [7, 11) is 0. The van der Waals surface area contributed by atoms with E-state index in [4.69, 9.17) is 32.7 Å². The van der Waals surface area contributed by atoms with Crippen molar-refractivity contribution in [2.24, 2.45) is 0 Å². The monoisotopic (exact) mass is 764 g/mol. The minimum atomic E-state index is -1.66. The minimum absolute atomic E-state index is 0.0716. The fraction of sp³-hybridized carbons (Fsp3) is 0.359. The number of hydrogen-bond donors (Lipinski definition) is 5. The number of nitrogens with zero attached hydrogens (tertiary/aromatic N) is 3. The fourth-order valence-electron chi connectivity index (χ4n) is 6.83. The number of aromatic nitrogens is 1. The highest BCUT2D eigenvalue weighted by molar-refractivity contribution is 6.34. The number of anilines is 1. The number of rotatable bonds is 17. The van der Waals surface area contributed by atoms with E-state index in [-0.39, 0.29) is 32.7 Å². The first-order chi connectivity index (χ1) is 25.6. The number of halogens is 2. The molecule has 14 heteroatoms. The summed E-state index contributed by atoms with van der Waals surface area (Å²) >= 11 is 13.8. The summed E-state index contributed by atoms with van der Waals surface area (Å²) in [6, 6.07) is 17.9. The number of β-amino-alcohol motifs (C(OH)–C–C–N with tert-alkyl or cyclic N) is 1. The van der Waals surface area contributed by atoms with Crippen LogP contribution in [-0.2, 0) is 35.8 Å². The molecule has 2 atom stereocenters. The molecule has 2 unspecified atom stereocenters. The summed E-state index contributed by atoms with van der Waals surface area (Å²) in [6.45, 7) is 2.91. The zero-order valence-corrected chi connectivity index (χ0v) is 30.5. The van der Waals surface area contributed by atoms with E-state index in [1.54, 1.807) is 30.6 Å². The van der Waals surface area contributed by atoms with Gasteiger partial charge in [-0.25, -0.2) is 4.79 Å². The molecule has 6 rings (SSSR count). The number of likely N-dealkylation sites (tertiary alicyclic amines) is 1. The number of hydrogen-bond acceptors (Lipinski definition) is 10. The van der Waals surface area contributed by atoms with Gasteiger partial charge in [0.05, 0.1) is 16.7 Å². The zero-order chi connectivity index (χ0) is 37.5. The van der Waals surface area contributed by atoms with Gasteiger partial charge in [0, 0.05) is 85.5 Å². The van der Waals surface area contributed by atoms with E-state index < -0.39 is 30.2 Å². The van der Waals surface area contributed by atoms with Crippen LogP contribution in [0.3, 0.4) is 0 Å². The summed E-state index contributed by atoms with van der Waals surface area (Å²) < 4.78 is 12.3. The van der Waals surface area contributed by atoms with Gasteiger partial charge in [0.2, 0.25) is 0 Å². The Morgan fingerprint density at radius 3 is 2.47 bits per heavy atom. The highest BCUT2D eigenvalue weighted by Gasteiger charge is 2.42. The molecule has 1 saturated heterocycles. The van der Waals surface area contributed by atoms with Crippen molar-refractivity contribution in [1.82, 2.24) is 15.2 Å². The van der Waals surface area contributed by atoms with Crippen LogP contribution in [0.4, 0.5) is 5.69 Å². The SMILES string of the molecule is O=C(O)C(CO)NCc1cc(Cl)c(OCc2cccc(-c3cccc4c3CCN4CCCN3CCC(O)(C(=O)O)C3)c2Cl)cc1OCc1cccnc1. The Kier molecular flexibility index (Phi) is 12.4. The Labute approximate surface area is 317 Å². The molecule has 0 spiro atoms. The van der Waals surface area contributed by atoms with Crippen LogP contribution in [0.25, 0.3) is 11.1 Å². The summed E-state index contributed by atoms with van der Waals surface area (Å²) in [5.74, 6) is -1.56. The molecule has 0 amide bonds. The molecule has 0 radical (unpaired) electrons. The number of nitrogens with one attached hydrogen (secondary N) is 1. The number of pyridine rings is 1. The number of benzene rings is 3. The van der Waals surface area contributed by atoms with Crippen molar-refractivity contribution in [3.63, 3.8) is 0 Å². The van der Waals surface area contributed by atoms with Crippen molar-refractivity contribution in [3.05, 3.63) is 105 Å². The van der Waals surface area contributed by atoms with E-state index >= 15 is 0 Å². The number of carboxylic acids is 2. The van der Waals surface area contributed by atoms with Crippen molar-refractivity contribution in [1.29, 1.82) is 0 Å². The van der Waals surface area contributed by atoms with Crippen LogP contribution in [0.5, 0.6) is 11.5 Å². The van der Waals surface area contributed by atoms with Crippen molar-refractivity contribution < 1.29 is 39.5 Å². The molecular formula is C39H42Cl2N4O8. The first-order valence-electron chi connectivity index (χ1n) is 17.4. The molecule has 2 aliphatic heterocycles. The Morgan fingerprint density at radius 2 is 1.74 bits per heavy atom. The van der Waals surface area contributed by atoms with Crippen LogP contribution in [-0.4, -0.2) is 93.2 Å². The van der Waals surface area contributed by atoms with Gasteiger partial charge in [0.25, 0.3) is 0 Å². The van der Waals surface area contributed by atoms with Gasteiger partial charge < -0.3 is 34.8 Å². The Balaban J connectivity index is 1.15. The van der Waals surface area contributed by atoms with Crippen LogP contribution in [0, 0.1) is 0 Å². The average molecular weight is 766 g/mol. The molecule has 5 N–H and O–H groups in total. The van der Waals surface area contributed by atoms with Gasteiger partial charge in [-0.05, 0) is 48.7 Å². The molecule has 2 aliphatic rings. The predicted octanol–water partition coefficient (Wildman–Crippen LogP) is 5.02. The highest BCUT2D eigenvalue weighted by Crippen LogP contribution is 2.41. The maximum Gasteiger partial charge on any atom is 0.337 e. The largest absolute Gasteiger partial charge is 0.488 e. The summed E-state index contributed by atoms with van der Waals surface area (Å²) in [5.41, 5.74) is 4.82. The quantitative estimate of drug-likeness (QED) is 0.0977. The van der Waals surface area contributed by atoms with Crippen molar-refractivity contribution >= 4 is 40.8 Å². The fourth-order valence-corrected chi connectivity index (χ4v) is 7.35. The lowest BCUT2D eigenvalue weighted by Crippen LogP contribution is -2.41. The normalized spacial score (nSPS) is 17.5. The predicted molar refractivity (Wildman–Crippen MR) is 201 cm³/mol. The highest BCUT2D eigenvalue weighted by atomic mass is 35.5. The Bertz CT molecular complexity index is 1930. The summed E-state index contributed by atoms with van der Waals surface area (Å²) in [4.78, 5) is 31.4. The number of ether oxygens (including phenoxy) is 2. The number of aliphatic hydroxyl groups excluding tert-OH is 1. The second-order valence-corrected chi connectivity index (χ2v) is 14.1. The lowest BCUT2D eigenvalue weighted by Gasteiger charge is -2.23.